The standard InChI is InChI=1S/C21H26N2O3/c22-21(25)18-10-12-23(13-11-18)14-19(24)15-26-20-8-6-17(7-9-20)16-4-2-1-3-5-16/h1-9,18-19,24H,10-15H2,(H2,22,25)/p+1/t19-/m1/s1. The molecule has 5 nitrogen and oxygen atoms in total. The van der Waals surface area contributed by atoms with Crippen molar-refractivity contribution in [2.45, 2.75) is 18.9 Å². The number of ether oxygens (including phenoxy) is 1. The summed E-state index contributed by atoms with van der Waals surface area (Å²) in [6.45, 7) is 2.65. The molecule has 1 atom stereocenters. The summed E-state index contributed by atoms with van der Waals surface area (Å²) in [5.41, 5.74) is 7.66. The molecule has 0 radical (unpaired) electrons. The number of hydrogen-bond donors (Lipinski definition) is 3. The molecule has 5 heteroatoms. The van der Waals surface area contributed by atoms with Gasteiger partial charge in [-0.1, -0.05) is 42.5 Å². The van der Waals surface area contributed by atoms with E-state index in [4.69, 9.17) is 10.5 Å². The SMILES string of the molecule is NC(=O)C1CC[NH+](C[C@@H](O)COc2ccc(-c3ccccc3)cc2)CC1. The van der Waals surface area contributed by atoms with E-state index < -0.39 is 6.10 Å². The Morgan fingerprint density at radius 1 is 1.08 bits per heavy atom. The van der Waals surface area contributed by atoms with Gasteiger partial charge < -0.3 is 20.5 Å². The number of carbonyl (C=O) groups is 1. The molecule has 2 aromatic rings. The van der Waals surface area contributed by atoms with Crippen molar-refractivity contribution in [1.29, 1.82) is 0 Å². The molecule has 0 saturated carbocycles. The molecule has 0 spiro atoms. The Bertz CT molecular complexity index is 695. The van der Waals surface area contributed by atoms with Gasteiger partial charge in [0.2, 0.25) is 5.91 Å². The molecule has 0 aromatic heterocycles. The van der Waals surface area contributed by atoms with Gasteiger partial charge in [-0.15, -0.1) is 0 Å². The van der Waals surface area contributed by atoms with Crippen LogP contribution in [0.4, 0.5) is 0 Å². The van der Waals surface area contributed by atoms with Gasteiger partial charge in [-0.3, -0.25) is 4.79 Å². The summed E-state index contributed by atoms with van der Waals surface area (Å²) >= 11 is 0. The molecule has 0 unspecified atom stereocenters. The summed E-state index contributed by atoms with van der Waals surface area (Å²) in [6.07, 6.45) is 1.09. The smallest absolute Gasteiger partial charge is 0.220 e. The second-order valence-electron chi connectivity index (χ2n) is 6.99. The van der Waals surface area contributed by atoms with E-state index in [1.807, 2.05) is 42.5 Å². The van der Waals surface area contributed by atoms with Crippen molar-refractivity contribution in [2.24, 2.45) is 11.7 Å². The number of piperidine rings is 1. The van der Waals surface area contributed by atoms with Crippen LogP contribution in [-0.2, 0) is 4.79 Å². The molecule has 0 aliphatic carbocycles. The molecule has 2 aromatic carbocycles. The van der Waals surface area contributed by atoms with Crippen LogP contribution >= 0.6 is 0 Å². The van der Waals surface area contributed by atoms with Gasteiger partial charge in [0.15, 0.2) is 0 Å². The number of nitrogens with one attached hydrogen (secondary N) is 1. The van der Waals surface area contributed by atoms with Crippen LogP contribution in [0.1, 0.15) is 12.8 Å². The second-order valence-corrected chi connectivity index (χ2v) is 6.99. The van der Waals surface area contributed by atoms with Crippen molar-refractivity contribution >= 4 is 5.91 Å². The summed E-state index contributed by atoms with van der Waals surface area (Å²) in [4.78, 5) is 12.5. The third-order valence-corrected chi connectivity index (χ3v) is 5.02. The van der Waals surface area contributed by atoms with Crippen LogP contribution in [0, 0.1) is 5.92 Å². The fourth-order valence-electron chi connectivity index (χ4n) is 3.47. The molecule has 1 aliphatic rings. The van der Waals surface area contributed by atoms with Crippen molar-refractivity contribution in [1.82, 2.24) is 0 Å². The summed E-state index contributed by atoms with van der Waals surface area (Å²) in [6, 6.07) is 18.1. The Kier molecular flexibility index (Phi) is 6.26. The van der Waals surface area contributed by atoms with E-state index in [1.54, 1.807) is 0 Å². The first-order chi connectivity index (χ1) is 12.6. The highest BCUT2D eigenvalue weighted by atomic mass is 16.5. The molecule has 0 bridgehead atoms. The minimum Gasteiger partial charge on any atom is -0.491 e. The number of quaternary nitrogens is 1. The Balaban J connectivity index is 1.43. The Morgan fingerprint density at radius 3 is 2.31 bits per heavy atom. The molecule has 1 saturated heterocycles. The summed E-state index contributed by atoms with van der Waals surface area (Å²) in [5.74, 6) is 0.549. The lowest BCUT2D eigenvalue weighted by Gasteiger charge is -2.29. The van der Waals surface area contributed by atoms with Gasteiger partial charge in [0.05, 0.1) is 13.1 Å². The Morgan fingerprint density at radius 2 is 1.69 bits per heavy atom. The van der Waals surface area contributed by atoms with Gasteiger partial charge >= 0.3 is 0 Å². The lowest BCUT2D eigenvalue weighted by molar-refractivity contribution is -0.908. The van der Waals surface area contributed by atoms with Gasteiger partial charge in [0.25, 0.3) is 0 Å². The zero-order valence-corrected chi connectivity index (χ0v) is 14.9. The lowest BCUT2D eigenvalue weighted by Crippen LogP contribution is -3.14. The topological polar surface area (TPSA) is 77.0 Å². The van der Waals surface area contributed by atoms with E-state index in [1.165, 1.54) is 10.5 Å². The number of aliphatic hydroxyl groups excluding tert-OH is 1. The van der Waals surface area contributed by atoms with Crippen LogP contribution in [0.25, 0.3) is 11.1 Å². The van der Waals surface area contributed by atoms with E-state index in [2.05, 4.69) is 12.1 Å². The molecule has 26 heavy (non-hydrogen) atoms. The minimum absolute atomic E-state index is 0.00438. The maximum Gasteiger partial charge on any atom is 0.220 e. The number of carbonyl (C=O) groups excluding carboxylic acids is 1. The fourth-order valence-corrected chi connectivity index (χ4v) is 3.47. The van der Waals surface area contributed by atoms with Crippen molar-refractivity contribution in [2.75, 3.05) is 26.2 Å². The molecular formula is C21H27N2O3+. The molecule has 1 amide bonds. The van der Waals surface area contributed by atoms with Crippen molar-refractivity contribution < 1.29 is 19.5 Å². The Labute approximate surface area is 154 Å². The van der Waals surface area contributed by atoms with E-state index in [-0.39, 0.29) is 18.4 Å². The van der Waals surface area contributed by atoms with Gasteiger partial charge in [-0.2, -0.15) is 0 Å². The Hall–Kier alpha value is -2.37. The van der Waals surface area contributed by atoms with Crippen LogP contribution in [0.3, 0.4) is 0 Å². The predicted molar refractivity (Wildman–Crippen MR) is 101 cm³/mol. The van der Waals surface area contributed by atoms with Crippen LogP contribution in [0.15, 0.2) is 54.6 Å². The van der Waals surface area contributed by atoms with Crippen LogP contribution in [0.2, 0.25) is 0 Å². The van der Waals surface area contributed by atoms with Crippen LogP contribution in [-0.4, -0.2) is 43.4 Å². The monoisotopic (exact) mass is 355 g/mol. The number of hydrogen-bond acceptors (Lipinski definition) is 3. The van der Waals surface area contributed by atoms with Gasteiger partial charge in [0, 0.05) is 18.8 Å². The zero-order valence-electron chi connectivity index (χ0n) is 14.9. The second kappa shape index (κ2) is 8.83. The molecule has 138 valence electrons. The summed E-state index contributed by atoms with van der Waals surface area (Å²) < 4.78 is 5.72. The molecule has 1 fully saturated rings. The molecule has 4 N–H and O–H groups in total. The van der Waals surface area contributed by atoms with Crippen molar-refractivity contribution in [3.63, 3.8) is 0 Å². The predicted octanol–water partition coefficient (Wildman–Crippen LogP) is 0.874. The number of aliphatic hydroxyl groups is 1. The first kappa shape index (κ1) is 18.4. The number of rotatable bonds is 7. The van der Waals surface area contributed by atoms with Crippen LogP contribution in [0.5, 0.6) is 5.75 Å². The molecule has 1 aliphatic heterocycles. The fraction of sp³-hybridized carbons (Fsp3) is 0.381. The average molecular weight is 355 g/mol. The van der Waals surface area contributed by atoms with E-state index >= 15 is 0 Å². The molecule has 1 heterocycles. The van der Waals surface area contributed by atoms with Gasteiger partial charge in [-0.05, 0) is 23.3 Å². The summed E-state index contributed by atoms with van der Waals surface area (Å²) in [5, 5.41) is 10.2. The highest BCUT2D eigenvalue weighted by Crippen LogP contribution is 2.22. The quantitative estimate of drug-likeness (QED) is 0.690. The average Bonchev–Trinajstić information content (AvgIpc) is 2.68. The van der Waals surface area contributed by atoms with Crippen molar-refractivity contribution in [3.8, 4) is 16.9 Å². The number of likely N-dealkylation sites (tertiary alicyclic amines) is 1. The van der Waals surface area contributed by atoms with Gasteiger partial charge in [0.1, 0.15) is 25.0 Å². The maximum absolute atomic E-state index is 11.2. The van der Waals surface area contributed by atoms with Crippen molar-refractivity contribution in [3.05, 3.63) is 54.6 Å². The highest BCUT2D eigenvalue weighted by molar-refractivity contribution is 5.76. The maximum atomic E-state index is 11.2. The van der Waals surface area contributed by atoms with E-state index in [9.17, 15) is 9.90 Å². The largest absolute Gasteiger partial charge is 0.491 e. The van der Waals surface area contributed by atoms with Gasteiger partial charge in [-0.25, -0.2) is 0 Å². The minimum atomic E-state index is -0.524. The van der Waals surface area contributed by atoms with E-state index in [0.29, 0.717) is 6.54 Å². The van der Waals surface area contributed by atoms with E-state index in [0.717, 1.165) is 37.2 Å². The first-order valence-electron chi connectivity index (χ1n) is 9.21. The number of benzene rings is 2. The number of amides is 1. The molecule has 3 rings (SSSR count). The van der Waals surface area contributed by atoms with Crippen LogP contribution < -0.4 is 15.4 Å². The zero-order chi connectivity index (χ0) is 18.4. The lowest BCUT2D eigenvalue weighted by atomic mass is 9.96. The molecular weight excluding hydrogens is 328 g/mol. The normalized spacial score (nSPS) is 21.1. The number of nitrogens with two attached hydrogens (primary N) is 1. The third kappa shape index (κ3) is 5.07. The third-order valence-electron chi connectivity index (χ3n) is 5.02. The number of primary amides is 1. The summed E-state index contributed by atoms with van der Waals surface area (Å²) in [7, 11) is 0. The highest BCUT2D eigenvalue weighted by Gasteiger charge is 2.27. The first-order valence-corrected chi connectivity index (χ1v) is 9.21.